The highest BCUT2D eigenvalue weighted by Gasteiger charge is 2.20. The number of rotatable bonds is 3. The molecule has 0 radical (unpaired) electrons. The van der Waals surface area contributed by atoms with Gasteiger partial charge in [-0.2, -0.15) is 0 Å². The second-order valence-electron chi connectivity index (χ2n) is 3.49. The summed E-state index contributed by atoms with van der Waals surface area (Å²) in [6.45, 7) is 0.467. The lowest BCUT2D eigenvalue weighted by Crippen LogP contribution is -2.25. The van der Waals surface area contributed by atoms with Crippen molar-refractivity contribution < 1.29 is 4.74 Å². The van der Waals surface area contributed by atoms with E-state index < -0.39 is 0 Å². The van der Waals surface area contributed by atoms with E-state index in [1.54, 1.807) is 6.20 Å². The molecular formula is C10H13BrN2O. The molecule has 1 aromatic heterocycles. The van der Waals surface area contributed by atoms with Gasteiger partial charge in [0.25, 0.3) is 0 Å². The normalized spacial score (nSPS) is 16.4. The summed E-state index contributed by atoms with van der Waals surface area (Å²) >= 11 is 3.36. The van der Waals surface area contributed by atoms with Crippen molar-refractivity contribution >= 4 is 15.9 Å². The molecule has 1 aromatic rings. The summed E-state index contributed by atoms with van der Waals surface area (Å²) in [6.07, 6.45) is 5.64. The fraction of sp³-hybridized carbons (Fsp3) is 0.500. The van der Waals surface area contributed by atoms with E-state index in [9.17, 15) is 0 Å². The Hall–Kier alpha value is -0.610. The molecule has 0 aliphatic heterocycles. The lowest BCUT2D eigenvalue weighted by atomic mass is 9.96. The van der Waals surface area contributed by atoms with Gasteiger partial charge in [0.05, 0.1) is 0 Å². The number of hydrogen-bond donors (Lipinski definition) is 1. The maximum absolute atomic E-state index is 5.72. The van der Waals surface area contributed by atoms with Gasteiger partial charge >= 0.3 is 0 Å². The lowest BCUT2D eigenvalue weighted by Gasteiger charge is -2.26. The number of hydrogen-bond acceptors (Lipinski definition) is 3. The van der Waals surface area contributed by atoms with Gasteiger partial charge in [-0.1, -0.05) is 0 Å². The van der Waals surface area contributed by atoms with Crippen LogP contribution in [0.25, 0.3) is 0 Å². The molecule has 76 valence electrons. The topological polar surface area (TPSA) is 48.1 Å². The fourth-order valence-electron chi connectivity index (χ4n) is 1.37. The molecule has 1 aliphatic rings. The Labute approximate surface area is 91.8 Å². The summed E-state index contributed by atoms with van der Waals surface area (Å²) in [6, 6.07) is 1.96. The zero-order valence-corrected chi connectivity index (χ0v) is 9.46. The predicted molar refractivity (Wildman–Crippen MR) is 58.1 cm³/mol. The highest BCUT2D eigenvalue weighted by molar-refractivity contribution is 9.10. The van der Waals surface area contributed by atoms with E-state index in [-0.39, 0.29) is 0 Å². The molecule has 3 nitrogen and oxygen atoms in total. The molecule has 0 aromatic carbocycles. The highest BCUT2D eigenvalue weighted by atomic mass is 79.9. The number of ether oxygens (including phenoxy) is 1. The Kier molecular flexibility index (Phi) is 3.03. The van der Waals surface area contributed by atoms with Gasteiger partial charge in [-0.3, -0.25) is 0 Å². The molecule has 0 amide bonds. The van der Waals surface area contributed by atoms with Crippen LogP contribution in [0.15, 0.2) is 16.7 Å². The van der Waals surface area contributed by atoms with Crippen LogP contribution in [0.2, 0.25) is 0 Å². The van der Waals surface area contributed by atoms with Crippen molar-refractivity contribution in [3.63, 3.8) is 0 Å². The van der Waals surface area contributed by atoms with Crippen LogP contribution in [0, 0.1) is 0 Å². The number of nitrogens with two attached hydrogens (primary N) is 1. The second-order valence-corrected chi connectivity index (χ2v) is 4.41. The monoisotopic (exact) mass is 256 g/mol. The molecule has 2 rings (SSSR count). The van der Waals surface area contributed by atoms with Crippen molar-refractivity contribution in [1.29, 1.82) is 0 Å². The van der Waals surface area contributed by atoms with Gasteiger partial charge in [0.1, 0.15) is 6.10 Å². The number of halogens is 1. The van der Waals surface area contributed by atoms with Crippen LogP contribution in [0.1, 0.15) is 24.8 Å². The molecule has 0 saturated heterocycles. The summed E-state index contributed by atoms with van der Waals surface area (Å²) in [5.41, 5.74) is 6.58. The highest BCUT2D eigenvalue weighted by Crippen LogP contribution is 2.27. The van der Waals surface area contributed by atoms with Gasteiger partial charge in [0.2, 0.25) is 5.88 Å². The third-order valence-corrected chi connectivity index (χ3v) is 2.88. The maximum atomic E-state index is 5.72. The van der Waals surface area contributed by atoms with Crippen LogP contribution in [0.5, 0.6) is 5.88 Å². The van der Waals surface area contributed by atoms with Crippen LogP contribution in [-0.4, -0.2) is 11.1 Å². The zero-order chi connectivity index (χ0) is 9.97. The first-order chi connectivity index (χ1) is 6.79. The van der Waals surface area contributed by atoms with Crippen LogP contribution >= 0.6 is 15.9 Å². The second kappa shape index (κ2) is 4.28. The molecular weight excluding hydrogens is 244 g/mol. The predicted octanol–water partition coefficient (Wildman–Crippen LogP) is 2.23. The molecule has 1 saturated carbocycles. The molecule has 0 bridgehead atoms. The van der Waals surface area contributed by atoms with E-state index in [2.05, 4.69) is 20.9 Å². The van der Waals surface area contributed by atoms with E-state index in [4.69, 9.17) is 10.5 Å². The third kappa shape index (κ3) is 2.07. The van der Waals surface area contributed by atoms with Crippen molar-refractivity contribution in [2.75, 3.05) is 0 Å². The largest absolute Gasteiger partial charge is 0.474 e. The zero-order valence-electron chi connectivity index (χ0n) is 7.87. The van der Waals surface area contributed by atoms with Gasteiger partial charge in [0.15, 0.2) is 0 Å². The van der Waals surface area contributed by atoms with Crippen molar-refractivity contribution in [3.05, 3.63) is 22.3 Å². The van der Waals surface area contributed by atoms with Crippen LogP contribution in [0.4, 0.5) is 0 Å². The average molecular weight is 257 g/mol. The molecule has 1 aliphatic carbocycles. The molecule has 2 N–H and O–H groups in total. The number of nitrogens with zero attached hydrogens (tertiary/aromatic N) is 1. The van der Waals surface area contributed by atoms with Crippen molar-refractivity contribution in [2.24, 2.45) is 5.73 Å². The van der Waals surface area contributed by atoms with Crippen molar-refractivity contribution in [1.82, 2.24) is 4.98 Å². The fourth-order valence-corrected chi connectivity index (χ4v) is 1.75. The minimum Gasteiger partial charge on any atom is -0.474 e. The van der Waals surface area contributed by atoms with Crippen molar-refractivity contribution in [3.8, 4) is 5.88 Å². The van der Waals surface area contributed by atoms with Crippen molar-refractivity contribution in [2.45, 2.75) is 31.9 Å². The first-order valence-electron chi connectivity index (χ1n) is 4.80. The molecule has 14 heavy (non-hydrogen) atoms. The van der Waals surface area contributed by atoms with Crippen LogP contribution in [-0.2, 0) is 6.54 Å². The number of pyridine rings is 1. The molecule has 0 atom stereocenters. The van der Waals surface area contributed by atoms with E-state index in [1.165, 1.54) is 6.42 Å². The van der Waals surface area contributed by atoms with E-state index in [1.807, 2.05) is 6.07 Å². The first-order valence-corrected chi connectivity index (χ1v) is 5.60. The summed E-state index contributed by atoms with van der Waals surface area (Å²) in [7, 11) is 0. The molecule has 4 heteroatoms. The minimum absolute atomic E-state index is 0.356. The van der Waals surface area contributed by atoms with Crippen LogP contribution in [0.3, 0.4) is 0 Å². The molecule has 1 fully saturated rings. The van der Waals surface area contributed by atoms with E-state index >= 15 is 0 Å². The summed E-state index contributed by atoms with van der Waals surface area (Å²) in [5.74, 6) is 0.695. The Morgan fingerprint density at radius 3 is 2.93 bits per heavy atom. The Morgan fingerprint density at radius 1 is 1.57 bits per heavy atom. The van der Waals surface area contributed by atoms with Gasteiger partial charge in [-0.15, -0.1) is 0 Å². The molecule has 0 unspecified atom stereocenters. The lowest BCUT2D eigenvalue weighted by molar-refractivity contribution is 0.113. The van der Waals surface area contributed by atoms with Gasteiger partial charge in [0, 0.05) is 22.8 Å². The molecule has 0 spiro atoms. The summed E-state index contributed by atoms with van der Waals surface area (Å²) < 4.78 is 6.66. The van der Waals surface area contributed by atoms with E-state index in [0.717, 1.165) is 22.9 Å². The van der Waals surface area contributed by atoms with Gasteiger partial charge in [-0.25, -0.2) is 4.98 Å². The smallest absolute Gasteiger partial charge is 0.218 e. The Morgan fingerprint density at radius 2 is 2.36 bits per heavy atom. The Bertz CT molecular complexity index is 326. The standard InChI is InChI=1S/C10H13BrN2O/c11-8-4-7(5-12)10(13-6-8)14-9-2-1-3-9/h4,6,9H,1-3,5,12H2. The quantitative estimate of drug-likeness (QED) is 0.903. The number of aromatic nitrogens is 1. The molecule has 1 heterocycles. The van der Waals surface area contributed by atoms with Crippen LogP contribution < -0.4 is 10.5 Å². The van der Waals surface area contributed by atoms with E-state index in [0.29, 0.717) is 18.5 Å². The Balaban J connectivity index is 2.14. The van der Waals surface area contributed by atoms with Gasteiger partial charge < -0.3 is 10.5 Å². The maximum Gasteiger partial charge on any atom is 0.218 e. The first kappa shape index (κ1) is 9.93. The third-order valence-electron chi connectivity index (χ3n) is 2.44. The average Bonchev–Trinajstić information content (AvgIpc) is 2.13. The SMILES string of the molecule is NCc1cc(Br)cnc1OC1CCC1. The summed E-state index contributed by atoms with van der Waals surface area (Å²) in [4.78, 5) is 4.22. The summed E-state index contributed by atoms with van der Waals surface area (Å²) in [5, 5.41) is 0. The minimum atomic E-state index is 0.356. The van der Waals surface area contributed by atoms with Gasteiger partial charge in [-0.05, 0) is 41.3 Å².